The van der Waals surface area contributed by atoms with Gasteiger partial charge in [0.2, 0.25) is 0 Å². The molecule has 0 radical (unpaired) electrons. The third kappa shape index (κ3) is 3.70. The lowest BCUT2D eigenvalue weighted by Crippen LogP contribution is -2.19. The van der Waals surface area contributed by atoms with E-state index in [1.807, 2.05) is 0 Å². The largest absolute Gasteiger partial charge is 0.464 e. The number of carbonyl (C=O) groups is 2. The molecule has 0 heterocycles. The van der Waals surface area contributed by atoms with E-state index in [1.165, 1.54) is 0 Å². The van der Waals surface area contributed by atoms with E-state index < -0.39 is 17.7 Å². The molecule has 0 rings (SSSR count). The first-order chi connectivity index (χ1) is 6.52. The predicted molar refractivity (Wildman–Crippen MR) is 48.6 cm³/mol. The minimum absolute atomic E-state index is 0.160. The van der Waals surface area contributed by atoms with Crippen LogP contribution in [0.5, 0.6) is 0 Å². The summed E-state index contributed by atoms with van der Waals surface area (Å²) in [6.45, 7) is 1.77. The lowest BCUT2D eigenvalue weighted by atomic mass is 10.3. The molecule has 14 heavy (non-hydrogen) atoms. The van der Waals surface area contributed by atoms with Crippen molar-refractivity contribution in [1.29, 1.82) is 5.41 Å². The zero-order chi connectivity index (χ0) is 11.1. The van der Waals surface area contributed by atoms with Gasteiger partial charge in [0, 0.05) is 6.08 Å². The smallest absolute Gasteiger partial charge is 0.356 e. The molecule has 0 aliphatic rings. The van der Waals surface area contributed by atoms with Crippen LogP contribution in [0, 0.1) is 5.41 Å². The van der Waals surface area contributed by atoms with Crippen molar-refractivity contribution >= 4 is 17.7 Å². The summed E-state index contributed by atoms with van der Waals surface area (Å²) in [6, 6.07) is 0. The Kier molecular flexibility index (Phi) is 4.98. The van der Waals surface area contributed by atoms with Crippen molar-refractivity contribution in [2.45, 2.75) is 6.92 Å². The fourth-order valence-electron chi connectivity index (χ4n) is 0.600. The maximum absolute atomic E-state index is 10.9. The van der Waals surface area contributed by atoms with Crippen molar-refractivity contribution < 1.29 is 19.1 Å². The van der Waals surface area contributed by atoms with E-state index in [0.717, 1.165) is 13.2 Å². The molecule has 0 atom stereocenters. The van der Waals surface area contributed by atoms with E-state index in [1.54, 1.807) is 6.92 Å². The van der Waals surface area contributed by atoms with Crippen molar-refractivity contribution in [2.75, 3.05) is 13.7 Å². The van der Waals surface area contributed by atoms with Crippen LogP contribution in [0.4, 0.5) is 0 Å². The van der Waals surface area contributed by atoms with Crippen LogP contribution in [0.2, 0.25) is 0 Å². The maximum atomic E-state index is 10.9. The molecule has 0 aromatic carbocycles. The summed E-state index contributed by atoms with van der Waals surface area (Å²) >= 11 is 0. The Hall–Kier alpha value is -1.85. The second kappa shape index (κ2) is 5.74. The SMILES string of the molecule is CCOC(=O)C(=N)/C=C(\N)C(=O)OC. The Morgan fingerprint density at radius 1 is 1.43 bits per heavy atom. The number of nitrogens with one attached hydrogen (secondary N) is 1. The van der Waals surface area contributed by atoms with E-state index in [4.69, 9.17) is 11.1 Å². The average Bonchev–Trinajstić information content (AvgIpc) is 2.16. The highest BCUT2D eigenvalue weighted by Gasteiger charge is 2.11. The molecule has 0 amide bonds. The van der Waals surface area contributed by atoms with Gasteiger partial charge in [-0.25, -0.2) is 9.59 Å². The number of hydrogen-bond donors (Lipinski definition) is 2. The molecule has 0 aromatic rings. The van der Waals surface area contributed by atoms with E-state index >= 15 is 0 Å². The minimum atomic E-state index is -0.834. The number of carbonyl (C=O) groups excluding carboxylic acids is 2. The van der Waals surface area contributed by atoms with Gasteiger partial charge in [-0.05, 0) is 6.92 Å². The van der Waals surface area contributed by atoms with E-state index in [2.05, 4.69) is 9.47 Å². The van der Waals surface area contributed by atoms with Crippen LogP contribution in [0.25, 0.3) is 0 Å². The Labute approximate surface area is 81.2 Å². The van der Waals surface area contributed by atoms with Crippen LogP contribution in [-0.2, 0) is 19.1 Å². The fourth-order valence-corrected chi connectivity index (χ4v) is 0.600. The molecular formula is C8H12N2O4. The third-order valence-electron chi connectivity index (χ3n) is 1.22. The number of rotatable bonds is 4. The van der Waals surface area contributed by atoms with Gasteiger partial charge in [-0.3, -0.25) is 5.41 Å². The molecule has 3 N–H and O–H groups in total. The molecule has 0 fully saturated rings. The van der Waals surface area contributed by atoms with Gasteiger partial charge in [-0.2, -0.15) is 0 Å². The van der Waals surface area contributed by atoms with Crippen molar-refractivity contribution in [1.82, 2.24) is 0 Å². The van der Waals surface area contributed by atoms with Gasteiger partial charge in [0.15, 0.2) is 0 Å². The van der Waals surface area contributed by atoms with Gasteiger partial charge in [-0.15, -0.1) is 0 Å². The van der Waals surface area contributed by atoms with Crippen molar-refractivity contribution in [3.05, 3.63) is 11.8 Å². The molecule has 0 spiro atoms. The van der Waals surface area contributed by atoms with Crippen molar-refractivity contribution in [2.24, 2.45) is 5.73 Å². The van der Waals surface area contributed by atoms with Crippen LogP contribution in [0.3, 0.4) is 0 Å². The van der Waals surface area contributed by atoms with Crippen molar-refractivity contribution in [3.63, 3.8) is 0 Å². The normalized spacial score (nSPS) is 10.6. The van der Waals surface area contributed by atoms with Crippen LogP contribution in [0.15, 0.2) is 11.8 Å². The van der Waals surface area contributed by atoms with Gasteiger partial charge in [0.25, 0.3) is 0 Å². The molecule has 6 heteroatoms. The van der Waals surface area contributed by atoms with Crippen LogP contribution in [-0.4, -0.2) is 31.4 Å². The Morgan fingerprint density at radius 3 is 2.43 bits per heavy atom. The second-order valence-electron chi connectivity index (χ2n) is 2.23. The summed E-state index contributed by atoms with van der Waals surface area (Å²) in [5, 5.41) is 7.16. The van der Waals surface area contributed by atoms with Gasteiger partial charge >= 0.3 is 11.9 Å². The fraction of sp³-hybridized carbons (Fsp3) is 0.375. The zero-order valence-electron chi connectivity index (χ0n) is 7.99. The first-order valence-electron chi connectivity index (χ1n) is 3.84. The summed E-state index contributed by atoms with van der Waals surface area (Å²) in [6.07, 6.45) is 0.893. The van der Waals surface area contributed by atoms with Gasteiger partial charge in [0.1, 0.15) is 11.4 Å². The Bertz CT molecular complexity index is 283. The topological polar surface area (TPSA) is 102 Å². The molecule has 0 aromatic heterocycles. The monoisotopic (exact) mass is 200 g/mol. The third-order valence-corrected chi connectivity index (χ3v) is 1.22. The Balaban J connectivity index is 4.43. The molecule has 0 saturated heterocycles. The summed E-state index contributed by atoms with van der Waals surface area (Å²) in [5.41, 5.74) is 4.40. The lowest BCUT2D eigenvalue weighted by molar-refractivity contribution is -0.136. The maximum Gasteiger partial charge on any atom is 0.356 e. The number of methoxy groups -OCH3 is 1. The highest BCUT2D eigenvalue weighted by Crippen LogP contribution is 1.91. The number of ether oxygens (including phenoxy) is 2. The molecule has 78 valence electrons. The first kappa shape index (κ1) is 12.2. The van der Waals surface area contributed by atoms with Gasteiger partial charge in [-0.1, -0.05) is 0 Å². The summed E-state index contributed by atoms with van der Waals surface area (Å²) in [5.74, 6) is -1.63. The van der Waals surface area contributed by atoms with E-state index in [-0.39, 0.29) is 12.3 Å². The molecule has 6 nitrogen and oxygen atoms in total. The van der Waals surface area contributed by atoms with Crippen molar-refractivity contribution in [3.8, 4) is 0 Å². The molecule has 0 unspecified atom stereocenters. The molecular weight excluding hydrogens is 188 g/mol. The highest BCUT2D eigenvalue weighted by molar-refractivity contribution is 6.40. The highest BCUT2D eigenvalue weighted by atomic mass is 16.5. The molecule has 0 aliphatic carbocycles. The number of nitrogens with two attached hydrogens (primary N) is 1. The average molecular weight is 200 g/mol. The molecule has 0 bridgehead atoms. The van der Waals surface area contributed by atoms with Gasteiger partial charge < -0.3 is 15.2 Å². The Morgan fingerprint density at radius 2 is 2.00 bits per heavy atom. The van der Waals surface area contributed by atoms with Crippen LogP contribution < -0.4 is 5.73 Å². The summed E-state index contributed by atoms with van der Waals surface area (Å²) in [7, 11) is 1.15. The molecule has 0 aliphatic heterocycles. The summed E-state index contributed by atoms with van der Waals surface area (Å²) < 4.78 is 8.77. The quantitative estimate of drug-likeness (QED) is 0.364. The molecule has 0 saturated carbocycles. The van der Waals surface area contributed by atoms with Crippen LogP contribution in [0.1, 0.15) is 6.92 Å². The van der Waals surface area contributed by atoms with E-state index in [9.17, 15) is 9.59 Å². The lowest BCUT2D eigenvalue weighted by Gasteiger charge is -2.00. The van der Waals surface area contributed by atoms with E-state index in [0.29, 0.717) is 0 Å². The first-order valence-corrected chi connectivity index (χ1v) is 3.84. The zero-order valence-corrected chi connectivity index (χ0v) is 7.99. The predicted octanol–water partition coefficient (Wildman–Crippen LogP) is -0.415. The number of esters is 2. The van der Waals surface area contributed by atoms with Gasteiger partial charge in [0.05, 0.1) is 13.7 Å². The second-order valence-corrected chi connectivity index (χ2v) is 2.23. The number of hydrogen-bond acceptors (Lipinski definition) is 6. The standard InChI is InChI=1S/C8H12N2O4/c1-3-14-8(12)6(10)4-5(9)7(11)13-2/h4,10H,3,9H2,1-2H3/b5-4-,10-6?. The minimum Gasteiger partial charge on any atom is -0.464 e. The summed E-state index contributed by atoms with van der Waals surface area (Å²) in [4.78, 5) is 21.7. The van der Waals surface area contributed by atoms with Crippen LogP contribution >= 0.6 is 0 Å².